The van der Waals surface area contributed by atoms with Crippen molar-refractivity contribution in [2.24, 2.45) is 5.14 Å². The average Bonchev–Trinajstić information content (AvgIpc) is 3.16. The molecule has 0 amide bonds. The number of nitrogens with one attached hydrogen (secondary N) is 1. The Kier molecular flexibility index (Phi) is 4.53. The number of sulfonamides is 1. The molecule has 3 rings (SSSR count). The third-order valence-corrected chi connectivity index (χ3v) is 5.02. The summed E-state index contributed by atoms with van der Waals surface area (Å²) in [7, 11) is -3.76. The van der Waals surface area contributed by atoms with Gasteiger partial charge in [-0.25, -0.2) is 13.6 Å². The summed E-state index contributed by atoms with van der Waals surface area (Å²) in [6, 6.07) is 9.41. The highest BCUT2D eigenvalue weighted by Crippen LogP contribution is 2.18. The number of nitrogens with two attached hydrogens (primary N) is 2. The van der Waals surface area contributed by atoms with Gasteiger partial charge in [0, 0.05) is 10.6 Å². The molecule has 2 heterocycles. The van der Waals surface area contributed by atoms with Crippen molar-refractivity contribution in [2.45, 2.75) is 11.3 Å². The van der Waals surface area contributed by atoms with Crippen LogP contribution in [-0.4, -0.2) is 29.1 Å². The minimum Gasteiger partial charge on any atom is -0.368 e. The van der Waals surface area contributed by atoms with E-state index >= 15 is 0 Å². The lowest BCUT2D eigenvalue weighted by atomic mass is 10.3. The molecule has 0 saturated carbocycles. The molecule has 9 nitrogen and oxygen atoms in total. The van der Waals surface area contributed by atoms with Gasteiger partial charge >= 0.3 is 0 Å². The van der Waals surface area contributed by atoms with E-state index in [2.05, 4.69) is 15.4 Å². The van der Waals surface area contributed by atoms with E-state index in [1.165, 1.54) is 35.6 Å². The van der Waals surface area contributed by atoms with E-state index in [1.807, 2.05) is 17.5 Å². The molecule has 0 unspecified atom stereocenters. The second kappa shape index (κ2) is 6.63. The van der Waals surface area contributed by atoms with Gasteiger partial charge in [0.2, 0.25) is 21.9 Å². The van der Waals surface area contributed by atoms with Gasteiger partial charge in [-0.1, -0.05) is 6.07 Å². The van der Waals surface area contributed by atoms with Crippen molar-refractivity contribution in [3.8, 4) is 0 Å². The molecule has 0 spiro atoms. The molecule has 25 heavy (non-hydrogen) atoms. The Hall–Kier alpha value is -2.76. The zero-order valence-electron chi connectivity index (χ0n) is 12.8. The van der Waals surface area contributed by atoms with Crippen LogP contribution >= 0.6 is 11.3 Å². The summed E-state index contributed by atoms with van der Waals surface area (Å²) in [5.41, 5.74) is 6.27. The van der Waals surface area contributed by atoms with Gasteiger partial charge in [-0.15, -0.1) is 16.4 Å². The topological polar surface area (TPSA) is 146 Å². The Balaban J connectivity index is 1.75. The molecule has 0 bridgehead atoms. The number of benzene rings is 1. The molecular weight excluding hydrogens is 364 g/mol. The maximum atomic E-state index is 12.2. The molecule has 0 saturated heterocycles. The highest BCUT2D eigenvalue weighted by Gasteiger charge is 2.15. The fraction of sp³-hybridized carbons (Fsp3) is 0.0714. The summed E-state index contributed by atoms with van der Waals surface area (Å²) in [5.74, 6) is -0.212. The number of aromatic nitrogens is 3. The highest BCUT2D eigenvalue weighted by atomic mass is 32.2. The first kappa shape index (κ1) is 17.1. The molecule has 0 aliphatic heterocycles. The van der Waals surface area contributed by atoms with Gasteiger partial charge in [0.25, 0.3) is 5.91 Å². The van der Waals surface area contributed by atoms with Gasteiger partial charge in [-0.2, -0.15) is 9.67 Å². The highest BCUT2D eigenvalue weighted by molar-refractivity contribution is 7.89. The first-order valence-electron chi connectivity index (χ1n) is 7.01. The summed E-state index contributed by atoms with van der Waals surface area (Å²) < 4.78 is 23.5. The van der Waals surface area contributed by atoms with E-state index in [1.54, 1.807) is 0 Å². The number of primary sulfonamides is 1. The van der Waals surface area contributed by atoms with Crippen molar-refractivity contribution >= 4 is 44.9 Å². The number of carbonyl (C=O) groups is 1. The van der Waals surface area contributed by atoms with Crippen molar-refractivity contribution in [1.82, 2.24) is 14.8 Å². The third-order valence-electron chi connectivity index (χ3n) is 3.21. The predicted octanol–water partition coefficient (Wildman–Crippen LogP) is 1.20. The van der Waals surface area contributed by atoms with Gasteiger partial charge in [-0.3, -0.25) is 4.79 Å². The molecule has 0 aliphatic rings. The van der Waals surface area contributed by atoms with Crippen LogP contribution in [0.25, 0.3) is 0 Å². The van der Waals surface area contributed by atoms with Gasteiger partial charge in [0.15, 0.2) is 0 Å². The molecule has 130 valence electrons. The Morgan fingerprint density at radius 1 is 1.24 bits per heavy atom. The number of hydrogen-bond acceptors (Lipinski definition) is 8. The van der Waals surface area contributed by atoms with E-state index in [0.717, 1.165) is 9.56 Å². The number of thiophene rings is 1. The van der Waals surface area contributed by atoms with Crippen LogP contribution in [0.3, 0.4) is 0 Å². The van der Waals surface area contributed by atoms with Crippen LogP contribution in [0.15, 0.2) is 46.7 Å². The standard InChI is InChI=1S/C14H14N6O3S2/c15-13-18-14(17-9-3-5-11(6-4-9)25(16,22)23)19-20(13)12(21)8-10-2-1-7-24-10/h1-7H,8H2,(H2,16,22,23)(H3,15,17,18,19). The SMILES string of the molecule is Nc1nc(Nc2ccc(S(N)(=O)=O)cc2)nn1C(=O)Cc1cccs1. The Morgan fingerprint density at radius 3 is 2.56 bits per heavy atom. The second-order valence-electron chi connectivity index (χ2n) is 5.05. The van der Waals surface area contributed by atoms with Crippen LogP contribution in [0.1, 0.15) is 9.67 Å². The van der Waals surface area contributed by atoms with Crippen LogP contribution < -0.4 is 16.2 Å². The Labute approximate surface area is 147 Å². The Morgan fingerprint density at radius 2 is 1.96 bits per heavy atom. The summed E-state index contributed by atoms with van der Waals surface area (Å²) >= 11 is 1.47. The average molecular weight is 378 g/mol. The van der Waals surface area contributed by atoms with Crippen LogP contribution in [-0.2, 0) is 16.4 Å². The lowest BCUT2D eigenvalue weighted by Gasteiger charge is -2.03. The predicted molar refractivity (Wildman–Crippen MR) is 94.2 cm³/mol. The van der Waals surface area contributed by atoms with Gasteiger partial charge < -0.3 is 11.1 Å². The summed E-state index contributed by atoms with van der Waals surface area (Å²) in [6.45, 7) is 0. The largest absolute Gasteiger partial charge is 0.368 e. The van der Waals surface area contributed by atoms with Gasteiger partial charge in [0.05, 0.1) is 11.3 Å². The summed E-state index contributed by atoms with van der Waals surface area (Å²) in [6.07, 6.45) is 0.174. The van der Waals surface area contributed by atoms with E-state index < -0.39 is 10.0 Å². The zero-order valence-corrected chi connectivity index (χ0v) is 14.4. The lowest BCUT2D eigenvalue weighted by molar-refractivity contribution is 0.0902. The van der Waals surface area contributed by atoms with Crippen molar-refractivity contribution in [1.29, 1.82) is 0 Å². The number of nitrogens with zero attached hydrogens (tertiary/aromatic N) is 3. The number of hydrogen-bond donors (Lipinski definition) is 3. The maximum absolute atomic E-state index is 12.2. The summed E-state index contributed by atoms with van der Waals surface area (Å²) in [4.78, 5) is 17.1. The molecular formula is C14H14N6O3S2. The molecule has 0 atom stereocenters. The van der Waals surface area contributed by atoms with E-state index in [0.29, 0.717) is 5.69 Å². The minimum atomic E-state index is -3.76. The van der Waals surface area contributed by atoms with Crippen molar-refractivity contribution < 1.29 is 13.2 Å². The smallest absolute Gasteiger partial charge is 0.255 e. The minimum absolute atomic E-state index is 0.0119. The quantitative estimate of drug-likeness (QED) is 0.604. The third kappa shape index (κ3) is 4.02. The van der Waals surface area contributed by atoms with Crippen molar-refractivity contribution in [3.05, 3.63) is 46.7 Å². The molecule has 0 radical (unpaired) electrons. The lowest BCUT2D eigenvalue weighted by Crippen LogP contribution is -2.17. The molecule has 0 aliphatic carbocycles. The zero-order chi connectivity index (χ0) is 18.0. The first-order chi connectivity index (χ1) is 11.8. The maximum Gasteiger partial charge on any atom is 0.255 e. The number of rotatable bonds is 5. The van der Waals surface area contributed by atoms with Gasteiger partial charge in [-0.05, 0) is 35.7 Å². The van der Waals surface area contributed by atoms with E-state index in [4.69, 9.17) is 10.9 Å². The molecule has 11 heteroatoms. The van der Waals surface area contributed by atoms with Crippen molar-refractivity contribution in [2.75, 3.05) is 11.1 Å². The summed E-state index contributed by atoms with van der Waals surface area (Å²) in [5, 5.41) is 13.8. The van der Waals surface area contributed by atoms with E-state index in [-0.39, 0.29) is 29.1 Å². The number of anilines is 3. The molecule has 2 aromatic heterocycles. The number of nitrogen functional groups attached to an aromatic ring is 1. The monoisotopic (exact) mass is 378 g/mol. The van der Waals surface area contributed by atoms with E-state index in [9.17, 15) is 13.2 Å². The van der Waals surface area contributed by atoms with Crippen LogP contribution in [0.4, 0.5) is 17.6 Å². The molecule has 0 fully saturated rings. The first-order valence-corrected chi connectivity index (χ1v) is 9.43. The fourth-order valence-corrected chi connectivity index (χ4v) is 3.27. The normalized spacial score (nSPS) is 11.4. The fourth-order valence-electron chi connectivity index (χ4n) is 2.05. The Bertz CT molecular complexity index is 994. The van der Waals surface area contributed by atoms with Crippen LogP contribution in [0.2, 0.25) is 0 Å². The van der Waals surface area contributed by atoms with Gasteiger partial charge in [0.1, 0.15) is 0 Å². The van der Waals surface area contributed by atoms with Crippen LogP contribution in [0.5, 0.6) is 0 Å². The van der Waals surface area contributed by atoms with Crippen LogP contribution in [0, 0.1) is 0 Å². The second-order valence-corrected chi connectivity index (χ2v) is 7.64. The molecule has 3 aromatic rings. The molecule has 1 aromatic carbocycles. The van der Waals surface area contributed by atoms with Crippen molar-refractivity contribution in [3.63, 3.8) is 0 Å². The number of carbonyl (C=O) groups excluding carboxylic acids is 1. The molecule has 5 N–H and O–H groups in total.